The summed E-state index contributed by atoms with van der Waals surface area (Å²) >= 11 is 0. The predicted molar refractivity (Wildman–Crippen MR) is 132 cm³/mol. The number of amides is 1. The van der Waals surface area contributed by atoms with E-state index in [2.05, 4.69) is 10.4 Å². The van der Waals surface area contributed by atoms with Crippen molar-refractivity contribution in [3.05, 3.63) is 98.5 Å². The van der Waals surface area contributed by atoms with Crippen LogP contribution in [-0.4, -0.2) is 31.9 Å². The van der Waals surface area contributed by atoms with Crippen LogP contribution in [0.2, 0.25) is 0 Å². The topological polar surface area (TPSA) is 115 Å². The zero-order valence-corrected chi connectivity index (χ0v) is 20.3. The predicted octanol–water partition coefficient (Wildman–Crippen LogP) is 3.19. The molecule has 0 aliphatic carbocycles. The number of nitrogens with one attached hydrogen (secondary N) is 1. The average Bonchev–Trinajstić information content (AvgIpc) is 3.37. The fourth-order valence-electron chi connectivity index (χ4n) is 4.08. The van der Waals surface area contributed by atoms with Gasteiger partial charge in [0, 0.05) is 25.7 Å². The van der Waals surface area contributed by atoms with Gasteiger partial charge in [0.2, 0.25) is 5.91 Å². The van der Waals surface area contributed by atoms with Crippen LogP contribution in [-0.2, 0) is 17.5 Å². The van der Waals surface area contributed by atoms with E-state index >= 15 is 0 Å². The Labute approximate surface area is 214 Å². The summed E-state index contributed by atoms with van der Waals surface area (Å²) in [5.41, 5.74) is -1.38. The van der Waals surface area contributed by atoms with Gasteiger partial charge >= 0.3 is 11.9 Å². The van der Waals surface area contributed by atoms with Crippen molar-refractivity contribution in [2.45, 2.75) is 26.1 Å². The maximum Gasteiger partial charge on any atom is 0.416 e. The molecule has 0 fully saturated rings. The Morgan fingerprint density at radius 2 is 1.79 bits per heavy atom. The highest BCUT2D eigenvalue weighted by molar-refractivity contribution is 5.75. The van der Waals surface area contributed by atoms with Gasteiger partial charge in [0.1, 0.15) is 0 Å². The van der Waals surface area contributed by atoms with Crippen LogP contribution in [0.25, 0.3) is 22.6 Å². The van der Waals surface area contributed by atoms with Crippen molar-refractivity contribution in [3.8, 4) is 28.7 Å². The van der Waals surface area contributed by atoms with Crippen molar-refractivity contribution in [3.63, 3.8) is 0 Å². The third kappa shape index (κ3) is 4.86. The van der Waals surface area contributed by atoms with Gasteiger partial charge in [-0.2, -0.15) is 23.5 Å². The third-order valence-corrected chi connectivity index (χ3v) is 5.99. The average molecular weight is 522 g/mol. The summed E-state index contributed by atoms with van der Waals surface area (Å²) in [5.74, 6) is -0.424. The molecule has 4 rings (SSSR count). The van der Waals surface area contributed by atoms with Gasteiger partial charge < -0.3 is 5.32 Å². The minimum absolute atomic E-state index is 0.0146. The van der Waals surface area contributed by atoms with Gasteiger partial charge in [-0.3, -0.25) is 18.7 Å². The second kappa shape index (κ2) is 10.2. The first-order chi connectivity index (χ1) is 18.1. The number of alkyl halides is 3. The first-order valence-electron chi connectivity index (χ1n) is 11.4. The number of benzene rings is 2. The van der Waals surface area contributed by atoms with Gasteiger partial charge in [0.05, 0.1) is 46.0 Å². The molecule has 12 heteroatoms. The van der Waals surface area contributed by atoms with Gasteiger partial charge in [-0.25, -0.2) is 9.48 Å². The summed E-state index contributed by atoms with van der Waals surface area (Å²) < 4.78 is 43.6. The highest BCUT2D eigenvalue weighted by atomic mass is 19.4. The molecule has 2 aromatic carbocycles. The molecule has 0 unspecified atom stereocenters. The number of halogens is 3. The van der Waals surface area contributed by atoms with Crippen molar-refractivity contribution >= 4 is 5.91 Å². The SMILES string of the molecule is CNC(=O)CCn1c(=O)c(-c2ccnn2-c2ccc(C#N)cc2)c(C)n(-c2cccc(C(F)(F)F)c2)c1=O. The molecule has 38 heavy (non-hydrogen) atoms. The number of aromatic nitrogens is 4. The Bertz CT molecular complexity index is 1670. The second-order valence-corrected chi connectivity index (χ2v) is 8.29. The Morgan fingerprint density at radius 1 is 1.08 bits per heavy atom. The molecule has 9 nitrogen and oxygen atoms in total. The molecule has 1 N–H and O–H groups in total. The van der Waals surface area contributed by atoms with Crippen LogP contribution < -0.4 is 16.6 Å². The highest BCUT2D eigenvalue weighted by Gasteiger charge is 2.31. The number of hydrogen-bond donors (Lipinski definition) is 1. The van der Waals surface area contributed by atoms with Crippen molar-refractivity contribution in [2.24, 2.45) is 0 Å². The molecule has 0 aliphatic heterocycles. The van der Waals surface area contributed by atoms with E-state index in [-0.39, 0.29) is 35.6 Å². The van der Waals surface area contributed by atoms with Gasteiger partial charge in [-0.1, -0.05) is 6.07 Å². The van der Waals surface area contributed by atoms with Gasteiger partial charge in [0.25, 0.3) is 5.56 Å². The van der Waals surface area contributed by atoms with E-state index in [4.69, 9.17) is 5.26 Å². The lowest BCUT2D eigenvalue weighted by atomic mass is 10.1. The minimum Gasteiger partial charge on any atom is -0.359 e. The summed E-state index contributed by atoms with van der Waals surface area (Å²) in [6.07, 6.45) is -3.43. The van der Waals surface area contributed by atoms with E-state index in [1.165, 1.54) is 43.0 Å². The van der Waals surface area contributed by atoms with Crippen molar-refractivity contribution < 1.29 is 18.0 Å². The van der Waals surface area contributed by atoms with E-state index in [9.17, 15) is 27.6 Å². The number of nitrogens with zero attached hydrogens (tertiary/aromatic N) is 5. The summed E-state index contributed by atoms with van der Waals surface area (Å²) in [4.78, 5) is 39.0. The largest absolute Gasteiger partial charge is 0.416 e. The Kier molecular flexibility index (Phi) is 7.03. The zero-order chi connectivity index (χ0) is 27.6. The summed E-state index contributed by atoms with van der Waals surface area (Å²) in [6, 6.07) is 14.1. The second-order valence-electron chi connectivity index (χ2n) is 8.29. The molecule has 0 radical (unpaired) electrons. The summed E-state index contributed by atoms with van der Waals surface area (Å²) in [6.45, 7) is 1.16. The molecular weight excluding hydrogens is 501 g/mol. The van der Waals surface area contributed by atoms with Gasteiger partial charge in [-0.15, -0.1) is 0 Å². The van der Waals surface area contributed by atoms with E-state index in [1.807, 2.05) is 6.07 Å². The standard InChI is InChI=1S/C26H21F3N6O3/c1-16-23(21-10-12-32-35(21)19-8-6-17(15-30)7-9-19)24(37)33(13-11-22(36)31-2)25(38)34(16)20-5-3-4-18(14-20)26(27,28)29/h3-10,12,14H,11,13H2,1-2H3,(H,31,36). The molecule has 4 aromatic rings. The van der Waals surface area contributed by atoms with Crippen LogP contribution in [0.3, 0.4) is 0 Å². The monoisotopic (exact) mass is 522 g/mol. The van der Waals surface area contributed by atoms with Crippen LogP contribution in [0.5, 0.6) is 0 Å². The molecule has 0 bridgehead atoms. The molecule has 0 saturated heterocycles. The molecule has 0 spiro atoms. The Balaban J connectivity index is 2.01. The maximum absolute atomic E-state index is 13.7. The van der Waals surface area contributed by atoms with Crippen molar-refractivity contribution in [1.29, 1.82) is 5.26 Å². The molecule has 0 atom stereocenters. The first kappa shape index (κ1) is 26.2. The van der Waals surface area contributed by atoms with E-state index in [1.54, 1.807) is 24.3 Å². The molecule has 0 saturated carbocycles. The van der Waals surface area contributed by atoms with Crippen LogP contribution in [0.4, 0.5) is 13.2 Å². The first-order valence-corrected chi connectivity index (χ1v) is 11.4. The van der Waals surface area contributed by atoms with Gasteiger partial charge in [0.15, 0.2) is 0 Å². The number of rotatable bonds is 6. The highest BCUT2D eigenvalue weighted by Crippen LogP contribution is 2.31. The minimum atomic E-state index is -4.65. The van der Waals surface area contributed by atoms with E-state index in [0.29, 0.717) is 11.3 Å². The van der Waals surface area contributed by atoms with Crippen LogP contribution in [0.15, 0.2) is 70.4 Å². The number of hydrogen-bond acceptors (Lipinski definition) is 5. The lowest BCUT2D eigenvalue weighted by Gasteiger charge is -2.19. The summed E-state index contributed by atoms with van der Waals surface area (Å²) in [7, 11) is 1.41. The zero-order valence-electron chi connectivity index (χ0n) is 20.3. The van der Waals surface area contributed by atoms with E-state index < -0.39 is 28.9 Å². The number of nitriles is 1. The number of carbonyl (C=O) groups excluding carboxylic acids is 1. The smallest absolute Gasteiger partial charge is 0.359 e. The Hall–Kier alpha value is -4.92. The fraction of sp³-hybridized carbons (Fsp3) is 0.192. The maximum atomic E-state index is 13.7. The lowest BCUT2D eigenvalue weighted by molar-refractivity contribution is -0.137. The van der Waals surface area contributed by atoms with Crippen molar-refractivity contribution in [2.75, 3.05) is 7.05 Å². The lowest BCUT2D eigenvalue weighted by Crippen LogP contribution is -2.42. The van der Waals surface area contributed by atoms with Crippen molar-refractivity contribution in [1.82, 2.24) is 24.2 Å². The molecule has 2 aromatic heterocycles. The molecule has 0 aliphatic rings. The quantitative estimate of drug-likeness (QED) is 0.418. The molecular formula is C26H21F3N6O3. The molecule has 194 valence electrons. The van der Waals surface area contributed by atoms with Crippen LogP contribution in [0, 0.1) is 18.3 Å². The Morgan fingerprint density at radius 3 is 2.42 bits per heavy atom. The van der Waals surface area contributed by atoms with Crippen LogP contribution in [0.1, 0.15) is 23.2 Å². The fourth-order valence-corrected chi connectivity index (χ4v) is 4.08. The molecule has 2 heterocycles. The normalized spacial score (nSPS) is 11.3. The van der Waals surface area contributed by atoms with Gasteiger partial charge in [-0.05, 0) is 55.5 Å². The third-order valence-electron chi connectivity index (χ3n) is 5.99. The molecule has 1 amide bonds. The number of carbonyl (C=O) groups is 1. The van der Waals surface area contributed by atoms with E-state index in [0.717, 1.165) is 21.3 Å². The summed E-state index contributed by atoms with van der Waals surface area (Å²) in [5, 5.41) is 15.8. The van der Waals surface area contributed by atoms with Crippen LogP contribution >= 0.6 is 0 Å².